The molecule has 5 nitrogen and oxygen atoms in total. The number of benzene rings is 1. The van der Waals surface area contributed by atoms with Crippen molar-refractivity contribution < 1.29 is 9.59 Å². The first-order valence-electron chi connectivity index (χ1n) is 9.64. The number of unbranched alkanes of at least 4 members (excludes halogenated alkanes) is 2. The Bertz CT molecular complexity index is 775. The number of rotatable bonds is 9. The summed E-state index contributed by atoms with van der Waals surface area (Å²) in [6.45, 7) is 4.81. The van der Waals surface area contributed by atoms with Crippen molar-refractivity contribution in [2.45, 2.75) is 45.4 Å². The van der Waals surface area contributed by atoms with Crippen LogP contribution in [0.3, 0.4) is 0 Å². The largest absolute Gasteiger partial charge is 0.333 e. The first-order chi connectivity index (χ1) is 13.1. The Morgan fingerprint density at radius 2 is 2.04 bits per heavy atom. The molecule has 1 aliphatic carbocycles. The van der Waals surface area contributed by atoms with Crippen LogP contribution >= 0.6 is 11.3 Å². The molecule has 0 radical (unpaired) electrons. The number of carbonyl (C=O) groups excluding carboxylic acids is 2. The van der Waals surface area contributed by atoms with Crippen molar-refractivity contribution in [3.8, 4) is 0 Å². The Labute approximate surface area is 164 Å². The minimum Gasteiger partial charge on any atom is -0.333 e. The Morgan fingerprint density at radius 3 is 2.70 bits per heavy atom. The third-order valence-corrected chi connectivity index (χ3v) is 5.71. The van der Waals surface area contributed by atoms with Crippen molar-refractivity contribution in [1.82, 2.24) is 9.88 Å². The summed E-state index contributed by atoms with van der Waals surface area (Å²) in [6, 6.07) is 10.2. The molecular formula is C21H27N3O2S. The molecule has 1 saturated carbocycles. The van der Waals surface area contributed by atoms with Crippen LogP contribution in [0.5, 0.6) is 0 Å². The van der Waals surface area contributed by atoms with E-state index < -0.39 is 0 Å². The molecule has 2 unspecified atom stereocenters. The Morgan fingerprint density at radius 1 is 1.26 bits per heavy atom. The Kier molecular flexibility index (Phi) is 6.61. The lowest BCUT2D eigenvalue weighted by molar-refractivity contribution is -0.136. The number of hydrogen-bond donors (Lipinski definition) is 1. The fraction of sp³-hybridized carbons (Fsp3) is 0.476. The van der Waals surface area contributed by atoms with Crippen LogP contribution in [0.4, 0.5) is 5.13 Å². The van der Waals surface area contributed by atoms with Gasteiger partial charge < -0.3 is 10.2 Å². The summed E-state index contributed by atoms with van der Waals surface area (Å²) in [5.41, 5.74) is 1.21. The molecule has 2 atom stereocenters. The number of hydrogen-bond acceptors (Lipinski definition) is 4. The molecule has 0 spiro atoms. The van der Waals surface area contributed by atoms with E-state index in [1.165, 1.54) is 16.9 Å². The van der Waals surface area contributed by atoms with Gasteiger partial charge in [-0.3, -0.25) is 9.59 Å². The van der Waals surface area contributed by atoms with Crippen LogP contribution in [-0.4, -0.2) is 34.8 Å². The van der Waals surface area contributed by atoms with Crippen LogP contribution in [-0.2, 0) is 9.59 Å². The second-order valence-corrected chi connectivity index (χ2v) is 8.39. The van der Waals surface area contributed by atoms with Gasteiger partial charge in [0.15, 0.2) is 5.13 Å². The lowest BCUT2D eigenvalue weighted by Crippen LogP contribution is -2.39. The number of amides is 2. The van der Waals surface area contributed by atoms with E-state index in [0.717, 1.165) is 30.6 Å². The van der Waals surface area contributed by atoms with E-state index in [1.54, 1.807) is 11.1 Å². The van der Waals surface area contributed by atoms with Crippen LogP contribution in [0.25, 0.3) is 0 Å². The molecule has 0 saturated heterocycles. The number of aryl methyl sites for hydroxylation is 1. The topological polar surface area (TPSA) is 62.3 Å². The van der Waals surface area contributed by atoms with Gasteiger partial charge in [-0.25, -0.2) is 4.98 Å². The highest BCUT2D eigenvalue weighted by atomic mass is 32.1. The van der Waals surface area contributed by atoms with Gasteiger partial charge in [0.1, 0.15) is 0 Å². The molecule has 144 valence electrons. The van der Waals surface area contributed by atoms with Gasteiger partial charge in [-0.1, -0.05) is 50.1 Å². The highest BCUT2D eigenvalue weighted by Crippen LogP contribution is 2.48. The Balaban J connectivity index is 1.60. The lowest BCUT2D eigenvalue weighted by Gasteiger charge is -2.22. The summed E-state index contributed by atoms with van der Waals surface area (Å²) in [4.78, 5) is 32.4. The SMILES string of the molecule is CCCCCN(CC(=O)Nc1ncc(C)s1)C(=O)C1CC1c1ccccc1. The molecule has 2 amide bonds. The molecule has 1 fully saturated rings. The standard InChI is InChI=1S/C21H27N3O2S/c1-3-4-8-11-24(14-19(25)23-21-22-13-15(2)27-21)20(26)18-12-17(18)16-9-6-5-7-10-16/h5-7,9-10,13,17-18H,3-4,8,11-12,14H2,1-2H3,(H,22,23,25). The molecule has 1 aromatic carbocycles. The van der Waals surface area contributed by atoms with Gasteiger partial charge in [-0.05, 0) is 31.2 Å². The highest BCUT2D eigenvalue weighted by molar-refractivity contribution is 7.15. The highest BCUT2D eigenvalue weighted by Gasteiger charge is 2.45. The van der Waals surface area contributed by atoms with Gasteiger partial charge >= 0.3 is 0 Å². The third kappa shape index (κ3) is 5.39. The fourth-order valence-corrected chi connectivity index (χ4v) is 4.02. The molecule has 0 bridgehead atoms. The van der Waals surface area contributed by atoms with Crippen LogP contribution in [0, 0.1) is 12.8 Å². The first-order valence-corrected chi connectivity index (χ1v) is 10.5. The van der Waals surface area contributed by atoms with E-state index in [2.05, 4.69) is 29.4 Å². The molecule has 1 heterocycles. The van der Waals surface area contributed by atoms with Gasteiger partial charge in [-0.2, -0.15) is 0 Å². The fourth-order valence-electron chi connectivity index (χ4n) is 3.34. The van der Waals surface area contributed by atoms with Crippen molar-refractivity contribution in [2.24, 2.45) is 5.92 Å². The number of carbonyl (C=O) groups is 2. The van der Waals surface area contributed by atoms with Crippen molar-refractivity contribution in [3.63, 3.8) is 0 Å². The zero-order valence-corrected chi connectivity index (χ0v) is 16.8. The maximum Gasteiger partial charge on any atom is 0.245 e. The molecule has 1 aromatic heterocycles. The Hall–Kier alpha value is -2.21. The van der Waals surface area contributed by atoms with Crippen LogP contribution in [0.1, 0.15) is 49.0 Å². The van der Waals surface area contributed by atoms with Crippen molar-refractivity contribution in [1.29, 1.82) is 0 Å². The van der Waals surface area contributed by atoms with Crippen molar-refractivity contribution >= 4 is 28.3 Å². The van der Waals surface area contributed by atoms with E-state index >= 15 is 0 Å². The normalized spacial score (nSPS) is 18.1. The molecule has 2 aromatic rings. The van der Waals surface area contributed by atoms with Gasteiger partial charge in [0.05, 0.1) is 6.54 Å². The molecule has 27 heavy (non-hydrogen) atoms. The zero-order chi connectivity index (χ0) is 19.2. The minimum absolute atomic E-state index is 0.00364. The monoisotopic (exact) mass is 385 g/mol. The number of nitrogens with one attached hydrogen (secondary N) is 1. The molecule has 1 N–H and O–H groups in total. The van der Waals surface area contributed by atoms with E-state index in [9.17, 15) is 9.59 Å². The van der Waals surface area contributed by atoms with E-state index in [1.807, 2.05) is 25.1 Å². The smallest absolute Gasteiger partial charge is 0.245 e. The maximum atomic E-state index is 13.0. The molecule has 0 aliphatic heterocycles. The lowest BCUT2D eigenvalue weighted by atomic mass is 10.1. The van der Waals surface area contributed by atoms with Crippen molar-refractivity contribution in [2.75, 3.05) is 18.4 Å². The average molecular weight is 386 g/mol. The minimum atomic E-state index is -0.175. The zero-order valence-electron chi connectivity index (χ0n) is 16.0. The van der Waals surface area contributed by atoms with E-state index in [4.69, 9.17) is 0 Å². The number of thiazole rings is 1. The maximum absolute atomic E-state index is 13.0. The molecule has 3 rings (SSSR count). The summed E-state index contributed by atoms with van der Waals surface area (Å²) in [5, 5.41) is 3.41. The van der Waals surface area contributed by atoms with Gasteiger partial charge in [0, 0.05) is 23.5 Å². The van der Waals surface area contributed by atoms with Crippen molar-refractivity contribution in [3.05, 3.63) is 47.0 Å². The van der Waals surface area contributed by atoms with E-state index in [-0.39, 0.29) is 30.2 Å². The second-order valence-electron chi connectivity index (χ2n) is 7.15. The average Bonchev–Trinajstić information content (AvgIpc) is 3.37. The summed E-state index contributed by atoms with van der Waals surface area (Å²) in [7, 11) is 0. The number of nitrogens with zero attached hydrogens (tertiary/aromatic N) is 2. The van der Waals surface area contributed by atoms with Gasteiger partial charge in [0.2, 0.25) is 11.8 Å². The predicted octanol–water partition coefficient (Wildman–Crippen LogP) is 4.21. The van der Waals surface area contributed by atoms with E-state index in [0.29, 0.717) is 11.7 Å². The first kappa shape index (κ1) is 19.5. The van der Waals surface area contributed by atoms with Crippen LogP contribution in [0.15, 0.2) is 36.5 Å². The number of anilines is 1. The number of aromatic nitrogens is 1. The molecule has 1 aliphatic rings. The second kappa shape index (κ2) is 9.13. The molecular weight excluding hydrogens is 358 g/mol. The van der Waals surface area contributed by atoms with Gasteiger partial charge in [0.25, 0.3) is 0 Å². The third-order valence-electron chi connectivity index (χ3n) is 4.88. The van der Waals surface area contributed by atoms with Gasteiger partial charge in [-0.15, -0.1) is 11.3 Å². The predicted molar refractivity (Wildman–Crippen MR) is 109 cm³/mol. The van der Waals surface area contributed by atoms with Crippen LogP contribution in [0.2, 0.25) is 0 Å². The summed E-state index contributed by atoms with van der Waals surface area (Å²) < 4.78 is 0. The summed E-state index contributed by atoms with van der Waals surface area (Å²) in [6.07, 6.45) is 5.68. The van der Waals surface area contributed by atoms with Crippen LogP contribution < -0.4 is 5.32 Å². The quantitative estimate of drug-likeness (QED) is 0.658. The molecule has 6 heteroatoms. The summed E-state index contributed by atoms with van der Waals surface area (Å²) >= 11 is 1.44. The summed E-state index contributed by atoms with van der Waals surface area (Å²) in [5.74, 6) is 0.220.